The monoisotopic (exact) mass is 352 g/mol. The van der Waals surface area contributed by atoms with Crippen LogP contribution in [0.4, 0.5) is 4.39 Å². The van der Waals surface area contributed by atoms with E-state index in [1.54, 1.807) is 17.3 Å². The Morgan fingerprint density at radius 2 is 2.31 bits per heavy atom. The summed E-state index contributed by atoms with van der Waals surface area (Å²) in [5.41, 5.74) is 3.03. The number of oxazole rings is 1. The summed E-state index contributed by atoms with van der Waals surface area (Å²) in [7, 11) is 0. The number of halogens is 1. The molecule has 0 saturated heterocycles. The van der Waals surface area contributed by atoms with Crippen molar-refractivity contribution in [3.8, 4) is 0 Å². The highest BCUT2D eigenvalue weighted by atomic mass is 19.1. The lowest BCUT2D eigenvalue weighted by Crippen LogP contribution is -2.40. The molecule has 0 saturated carbocycles. The number of nitrogens with zero attached hydrogens (tertiary/aromatic N) is 5. The molecule has 26 heavy (non-hydrogen) atoms. The van der Waals surface area contributed by atoms with Crippen LogP contribution in [-0.4, -0.2) is 41.9 Å². The van der Waals surface area contributed by atoms with Crippen LogP contribution in [-0.2, 0) is 6.42 Å². The van der Waals surface area contributed by atoms with E-state index in [9.17, 15) is 9.18 Å². The lowest BCUT2D eigenvalue weighted by atomic mass is 9.99. The fourth-order valence-corrected chi connectivity index (χ4v) is 3.37. The Morgan fingerprint density at radius 1 is 1.38 bits per heavy atom. The number of aromatic nitrogens is 5. The Balaban J connectivity index is 1.64. The molecule has 1 aliphatic heterocycles. The minimum Gasteiger partial charge on any atom is -0.438 e. The molecule has 1 amide bonds. The summed E-state index contributed by atoms with van der Waals surface area (Å²) in [5, 5.41) is 4.47. The minimum absolute atomic E-state index is 0.156. The van der Waals surface area contributed by atoms with E-state index in [-0.39, 0.29) is 17.5 Å². The lowest BCUT2D eigenvalue weighted by molar-refractivity contribution is 0.0654. The number of amides is 1. The number of carbonyl (C=O) groups excluding carboxylic acids is 1. The maximum absolute atomic E-state index is 13.5. The molecular formula is C17H13FN6O2. The van der Waals surface area contributed by atoms with Gasteiger partial charge in [-0.05, 0) is 18.2 Å². The fourth-order valence-electron chi connectivity index (χ4n) is 3.37. The molecule has 0 bridgehead atoms. The predicted octanol–water partition coefficient (Wildman–Crippen LogP) is 1.97. The number of nitrogens with one attached hydrogen (secondary N) is 1. The molecule has 8 nitrogen and oxygen atoms in total. The Kier molecular flexibility index (Phi) is 3.14. The van der Waals surface area contributed by atoms with E-state index in [1.807, 2.05) is 6.07 Å². The first-order valence-corrected chi connectivity index (χ1v) is 8.07. The second-order valence-electron chi connectivity index (χ2n) is 6.07. The topological polar surface area (TPSA) is 92.3 Å². The van der Waals surface area contributed by atoms with Crippen molar-refractivity contribution in [2.45, 2.75) is 12.5 Å². The van der Waals surface area contributed by atoms with Crippen LogP contribution in [0.25, 0.3) is 5.52 Å². The minimum atomic E-state index is -0.495. The van der Waals surface area contributed by atoms with Crippen molar-refractivity contribution in [1.82, 2.24) is 29.5 Å². The standard InChI is InChI=1S/C17H13FN6O2/c18-10-1-2-11-5-13(22-24(11)7-10)16-15-12(20-8-21-15)3-4-23(16)17(25)14-6-19-9-26-14/h1-2,5-9,16H,3-4H2,(H,20,21). The van der Waals surface area contributed by atoms with E-state index in [4.69, 9.17) is 4.42 Å². The third-order valence-corrected chi connectivity index (χ3v) is 4.55. The quantitative estimate of drug-likeness (QED) is 0.595. The zero-order valence-electron chi connectivity index (χ0n) is 13.5. The van der Waals surface area contributed by atoms with Gasteiger partial charge in [0.25, 0.3) is 5.91 Å². The zero-order valence-corrected chi connectivity index (χ0v) is 13.5. The maximum atomic E-state index is 13.5. The van der Waals surface area contributed by atoms with E-state index < -0.39 is 6.04 Å². The molecule has 0 aromatic carbocycles. The molecule has 4 aromatic heterocycles. The van der Waals surface area contributed by atoms with Gasteiger partial charge in [0.05, 0.1) is 35.6 Å². The van der Waals surface area contributed by atoms with E-state index in [0.717, 1.165) is 16.9 Å². The summed E-state index contributed by atoms with van der Waals surface area (Å²) >= 11 is 0. The van der Waals surface area contributed by atoms with Crippen LogP contribution in [0.3, 0.4) is 0 Å². The van der Waals surface area contributed by atoms with Crippen LogP contribution < -0.4 is 0 Å². The summed E-state index contributed by atoms with van der Waals surface area (Å²) in [5.74, 6) is -0.515. The first-order valence-electron chi connectivity index (χ1n) is 8.07. The van der Waals surface area contributed by atoms with E-state index in [0.29, 0.717) is 18.7 Å². The smallest absolute Gasteiger partial charge is 0.292 e. The normalized spacial score (nSPS) is 16.8. The summed E-state index contributed by atoms with van der Waals surface area (Å²) in [6.07, 6.45) is 6.16. The molecule has 130 valence electrons. The second kappa shape index (κ2) is 5.51. The van der Waals surface area contributed by atoms with Gasteiger partial charge in [0.15, 0.2) is 6.39 Å². The van der Waals surface area contributed by atoms with Gasteiger partial charge in [-0.25, -0.2) is 18.9 Å². The van der Waals surface area contributed by atoms with Crippen LogP contribution in [0.2, 0.25) is 0 Å². The summed E-state index contributed by atoms with van der Waals surface area (Å²) in [6.45, 7) is 0.474. The second-order valence-corrected chi connectivity index (χ2v) is 6.07. The van der Waals surface area contributed by atoms with Crippen LogP contribution >= 0.6 is 0 Å². The third kappa shape index (κ3) is 2.20. The van der Waals surface area contributed by atoms with Crippen molar-refractivity contribution in [3.63, 3.8) is 0 Å². The van der Waals surface area contributed by atoms with Gasteiger partial charge in [0.2, 0.25) is 5.76 Å². The van der Waals surface area contributed by atoms with Crippen molar-refractivity contribution in [3.05, 3.63) is 72.0 Å². The van der Waals surface area contributed by atoms with Gasteiger partial charge in [-0.2, -0.15) is 5.10 Å². The van der Waals surface area contributed by atoms with Crippen molar-refractivity contribution >= 4 is 11.4 Å². The van der Waals surface area contributed by atoms with Crippen molar-refractivity contribution in [2.75, 3.05) is 6.54 Å². The fraction of sp³-hybridized carbons (Fsp3) is 0.176. The molecule has 1 aliphatic rings. The number of fused-ring (bicyclic) bond motifs is 2. The lowest BCUT2D eigenvalue weighted by Gasteiger charge is -2.33. The van der Waals surface area contributed by atoms with E-state index in [2.05, 4.69) is 20.1 Å². The molecule has 5 heterocycles. The number of hydrogen-bond donors (Lipinski definition) is 1. The van der Waals surface area contributed by atoms with Crippen molar-refractivity contribution in [2.24, 2.45) is 0 Å². The van der Waals surface area contributed by atoms with Gasteiger partial charge in [-0.15, -0.1) is 0 Å². The van der Waals surface area contributed by atoms with Gasteiger partial charge < -0.3 is 14.3 Å². The largest absolute Gasteiger partial charge is 0.438 e. The number of aromatic amines is 1. The molecule has 1 unspecified atom stereocenters. The average molecular weight is 352 g/mol. The number of imidazole rings is 1. The highest BCUT2D eigenvalue weighted by Crippen LogP contribution is 2.34. The van der Waals surface area contributed by atoms with Crippen LogP contribution in [0.5, 0.6) is 0 Å². The molecule has 0 spiro atoms. The summed E-state index contributed by atoms with van der Waals surface area (Å²) in [6, 6.07) is 4.35. The molecule has 4 aromatic rings. The number of pyridine rings is 1. The number of rotatable bonds is 2. The summed E-state index contributed by atoms with van der Waals surface area (Å²) < 4.78 is 20.1. The Hall–Kier alpha value is -3.49. The number of hydrogen-bond acceptors (Lipinski definition) is 5. The van der Waals surface area contributed by atoms with Crippen molar-refractivity contribution < 1.29 is 13.6 Å². The van der Waals surface area contributed by atoms with Gasteiger partial charge in [-0.1, -0.05) is 0 Å². The van der Waals surface area contributed by atoms with Gasteiger partial charge in [-0.3, -0.25) is 4.79 Å². The van der Waals surface area contributed by atoms with Crippen molar-refractivity contribution in [1.29, 1.82) is 0 Å². The molecule has 0 aliphatic carbocycles. The number of H-pyrrole nitrogens is 1. The predicted molar refractivity (Wildman–Crippen MR) is 86.8 cm³/mol. The van der Waals surface area contributed by atoms with Gasteiger partial charge in [0, 0.05) is 18.7 Å². The van der Waals surface area contributed by atoms with Crippen LogP contribution in [0.15, 0.2) is 47.7 Å². The molecule has 0 radical (unpaired) electrons. The highest BCUT2D eigenvalue weighted by Gasteiger charge is 2.37. The average Bonchev–Trinajstić information content (AvgIpc) is 3.38. The number of carbonyl (C=O) groups is 1. The SMILES string of the molecule is O=C(c1cnco1)N1CCc2[nH]cnc2C1c1cc2ccc(F)cn2n1. The molecular weight excluding hydrogens is 339 g/mol. The van der Waals surface area contributed by atoms with Crippen LogP contribution in [0, 0.1) is 5.82 Å². The van der Waals surface area contributed by atoms with E-state index >= 15 is 0 Å². The summed E-state index contributed by atoms with van der Waals surface area (Å²) in [4.78, 5) is 25.9. The van der Waals surface area contributed by atoms with E-state index in [1.165, 1.54) is 29.4 Å². The highest BCUT2D eigenvalue weighted by molar-refractivity contribution is 5.91. The molecule has 0 fully saturated rings. The molecule has 1 N–H and O–H groups in total. The van der Waals surface area contributed by atoms with Crippen LogP contribution in [0.1, 0.15) is 33.7 Å². The third-order valence-electron chi connectivity index (χ3n) is 4.55. The molecule has 9 heteroatoms. The Bertz CT molecular complexity index is 1100. The zero-order chi connectivity index (χ0) is 17.7. The van der Waals surface area contributed by atoms with Gasteiger partial charge >= 0.3 is 0 Å². The molecule has 1 atom stereocenters. The first kappa shape index (κ1) is 14.8. The molecule has 5 rings (SSSR count). The van der Waals surface area contributed by atoms with Gasteiger partial charge in [0.1, 0.15) is 11.9 Å². The maximum Gasteiger partial charge on any atom is 0.292 e. The Labute approximate surface area is 146 Å². The Morgan fingerprint density at radius 3 is 3.15 bits per heavy atom. The first-order chi connectivity index (χ1) is 12.7.